The lowest BCUT2D eigenvalue weighted by molar-refractivity contribution is -0.137. The predicted octanol–water partition coefficient (Wildman–Crippen LogP) is 6.04. The zero-order valence-corrected chi connectivity index (χ0v) is 20.4. The second-order valence-corrected chi connectivity index (χ2v) is 9.45. The van der Waals surface area contributed by atoms with E-state index >= 15 is 0 Å². The lowest BCUT2D eigenvalue weighted by atomic mass is 9.87. The number of carbonyl (C=O) groups excluding carboxylic acids is 1. The summed E-state index contributed by atoms with van der Waals surface area (Å²) >= 11 is 0. The highest BCUT2D eigenvalue weighted by Gasteiger charge is 2.23. The molecule has 1 aromatic heterocycles. The Bertz CT molecular complexity index is 1460. The van der Waals surface area contributed by atoms with Gasteiger partial charge >= 0.3 is 5.97 Å². The Morgan fingerprint density at radius 1 is 0.973 bits per heavy atom. The topological polar surface area (TPSA) is 92.2 Å². The number of benzene rings is 3. The molecule has 0 radical (unpaired) electrons. The summed E-state index contributed by atoms with van der Waals surface area (Å²) in [5, 5.41) is 12.1. The van der Waals surface area contributed by atoms with Crippen molar-refractivity contribution in [3.8, 4) is 11.3 Å². The lowest BCUT2D eigenvalue weighted by Gasteiger charge is -2.26. The summed E-state index contributed by atoms with van der Waals surface area (Å²) in [5.74, 6) is -1.28. The summed E-state index contributed by atoms with van der Waals surface area (Å²) in [6.45, 7) is 0. The number of hydrogen-bond donors (Lipinski definition) is 2. The van der Waals surface area contributed by atoms with Gasteiger partial charge in [0, 0.05) is 17.5 Å². The molecule has 1 heterocycles. The number of nitrogens with zero attached hydrogens (tertiary/aromatic N) is 2. The van der Waals surface area contributed by atoms with E-state index in [0.717, 1.165) is 47.3 Å². The maximum Gasteiger partial charge on any atom is 0.303 e. The normalized spacial score (nSPS) is 14.8. The van der Waals surface area contributed by atoms with Crippen molar-refractivity contribution in [3.05, 3.63) is 94.9 Å². The minimum absolute atomic E-state index is 0.114. The fourth-order valence-corrected chi connectivity index (χ4v) is 4.98. The van der Waals surface area contributed by atoms with E-state index in [9.17, 15) is 14.0 Å². The van der Waals surface area contributed by atoms with Gasteiger partial charge in [-0.05, 0) is 80.0 Å². The molecule has 5 rings (SSSR count). The smallest absolute Gasteiger partial charge is 0.303 e. The van der Waals surface area contributed by atoms with Crippen molar-refractivity contribution in [1.29, 1.82) is 0 Å². The van der Waals surface area contributed by atoms with Gasteiger partial charge in [-0.1, -0.05) is 36.4 Å². The number of aromatic nitrogens is 2. The number of halogens is 1. The van der Waals surface area contributed by atoms with Crippen LogP contribution < -0.4 is 5.32 Å². The van der Waals surface area contributed by atoms with Crippen LogP contribution in [0.25, 0.3) is 22.3 Å². The van der Waals surface area contributed by atoms with Gasteiger partial charge in [-0.3, -0.25) is 9.59 Å². The Morgan fingerprint density at radius 3 is 2.62 bits per heavy atom. The van der Waals surface area contributed by atoms with E-state index in [0.29, 0.717) is 35.9 Å². The number of hydrogen-bond acceptors (Lipinski definition) is 4. The maximum atomic E-state index is 13.7. The molecule has 6 nitrogen and oxygen atoms in total. The Kier molecular flexibility index (Phi) is 7.21. The van der Waals surface area contributed by atoms with Gasteiger partial charge in [0.25, 0.3) is 5.91 Å². The summed E-state index contributed by atoms with van der Waals surface area (Å²) in [4.78, 5) is 33.9. The zero-order valence-electron chi connectivity index (χ0n) is 20.4. The molecule has 0 fully saturated rings. The monoisotopic (exact) mass is 497 g/mol. The molecular weight excluding hydrogens is 469 g/mol. The third-order valence-electron chi connectivity index (χ3n) is 6.82. The van der Waals surface area contributed by atoms with E-state index in [4.69, 9.17) is 15.1 Å². The molecule has 0 saturated heterocycles. The molecule has 3 aromatic carbocycles. The highest BCUT2D eigenvalue weighted by molar-refractivity contribution is 5.97. The number of unbranched alkanes of at least 4 members (excludes halogenated alkanes) is 1. The number of fused-ring (bicyclic) bond motifs is 2. The van der Waals surface area contributed by atoms with Crippen LogP contribution in [0.3, 0.4) is 0 Å². The number of carboxylic acid groups (broad SMARTS) is 1. The maximum absolute atomic E-state index is 13.7. The van der Waals surface area contributed by atoms with E-state index in [2.05, 4.69) is 5.32 Å². The third-order valence-corrected chi connectivity index (χ3v) is 6.82. The fraction of sp³-hybridized carbons (Fsp3) is 0.267. The quantitative estimate of drug-likeness (QED) is 0.290. The first-order chi connectivity index (χ1) is 18.0. The molecule has 0 aliphatic heterocycles. The molecule has 7 heteroatoms. The number of amides is 1. The van der Waals surface area contributed by atoms with Crippen molar-refractivity contribution >= 4 is 22.9 Å². The third kappa shape index (κ3) is 5.66. The van der Waals surface area contributed by atoms with Crippen LogP contribution in [0.4, 0.5) is 4.39 Å². The minimum atomic E-state index is -0.811. The van der Waals surface area contributed by atoms with Gasteiger partial charge in [0.2, 0.25) is 0 Å². The molecule has 0 unspecified atom stereocenters. The van der Waals surface area contributed by atoms with E-state index in [1.165, 1.54) is 6.07 Å². The fourth-order valence-electron chi connectivity index (χ4n) is 4.98. The average molecular weight is 498 g/mol. The molecule has 0 saturated carbocycles. The van der Waals surface area contributed by atoms with Gasteiger partial charge in [0.1, 0.15) is 5.82 Å². The Labute approximate surface area is 214 Å². The summed E-state index contributed by atoms with van der Waals surface area (Å²) in [5.41, 5.74) is 6.20. The molecule has 1 aliphatic carbocycles. The molecule has 0 spiro atoms. The number of aliphatic carboxylic acids is 1. The van der Waals surface area contributed by atoms with Crippen LogP contribution in [0.2, 0.25) is 0 Å². The molecule has 1 atom stereocenters. The zero-order chi connectivity index (χ0) is 25.8. The van der Waals surface area contributed by atoms with Crippen LogP contribution in [0.1, 0.15) is 65.3 Å². The van der Waals surface area contributed by atoms with Crippen LogP contribution in [0, 0.1) is 5.82 Å². The van der Waals surface area contributed by atoms with E-state index in [1.54, 1.807) is 24.3 Å². The summed E-state index contributed by atoms with van der Waals surface area (Å²) in [6, 6.07) is 19.7. The number of aryl methyl sites for hydroxylation is 2. The molecule has 188 valence electrons. The van der Waals surface area contributed by atoms with Crippen LogP contribution in [-0.4, -0.2) is 27.0 Å². The van der Waals surface area contributed by atoms with E-state index in [-0.39, 0.29) is 24.2 Å². The number of rotatable bonds is 8. The molecule has 37 heavy (non-hydrogen) atoms. The van der Waals surface area contributed by atoms with Gasteiger partial charge in [0.05, 0.1) is 28.5 Å². The average Bonchev–Trinajstić information content (AvgIpc) is 2.90. The van der Waals surface area contributed by atoms with Crippen molar-refractivity contribution in [2.45, 2.75) is 51.0 Å². The molecule has 2 N–H and O–H groups in total. The van der Waals surface area contributed by atoms with Gasteiger partial charge in [0.15, 0.2) is 0 Å². The minimum Gasteiger partial charge on any atom is -0.481 e. The second kappa shape index (κ2) is 10.9. The lowest BCUT2D eigenvalue weighted by Crippen LogP contribution is -2.31. The molecule has 4 aromatic rings. The van der Waals surface area contributed by atoms with E-state index < -0.39 is 5.97 Å². The van der Waals surface area contributed by atoms with Gasteiger partial charge in [-0.25, -0.2) is 14.4 Å². The first-order valence-corrected chi connectivity index (χ1v) is 12.6. The van der Waals surface area contributed by atoms with Crippen LogP contribution >= 0.6 is 0 Å². The SMILES string of the molecule is O=C(O)CCCCc1nc2cc(C(=O)N[C@H]3CCCc4cc(F)ccc43)ccc2nc1-c1ccccc1. The highest BCUT2D eigenvalue weighted by Crippen LogP contribution is 2.31. The van der Waals surface area contributed by atoms with Crippen molar-refractivity contribution in [2.75, 3.05) is 0 Å². The first-order valence-electron chi connectivity index (χ1n) is 12.6. The van der Waals surface area contributed by atoms with Gasteiger partial charge in [-0.2, -0.15) is 0 Å². The number of carbonyl (C=O) groups is 2. The molecule has 0 bridgehead atoms. The van der Waals surface area contributed by atoms with Crippen molar-refractivity contribution < 1.29 is 19.1 Å². The first kappa shape index (κ1) is 24.6. The molecule has 1 amide bonds. The summed E-state index contributed by atoms with van der Waals surface area (Å²) in [7, 11) is 0. The standard InChI is InChI=1S/C30H28FN3O3/c31-22-14-15-23-20(17-22)9-6-11-24(23)34-30(37)21-13-16-25-27(18-21)32-26(10-4-5-12-28(35)36)29(33-25)19-7-2-1-3-8-19/h1-3,7-8,13-18,24H,4-6,9-12H2,(H,34,37)(H,35,36)/t24-/m0/s1. The van der Waals surface area contributed by atoms with E-state index in [1.807, 2.05) is 36.4 Å². The van der Waals surface area contributed by atoms with Crippen molar-refractivity contribution in [2.24, 2.45) is 0 Å². The van der Waals surface area contributed by atoms with Crippen LogP contribution in [0.5, 0.6) is 0 Å². The van der Waals surface area contributed by atoms with Gasteiger partial charge < -0.3 is 10.4 Å². The summed E-state index contributed by atoms with van der Waals surface area (Å²) < 4.78 is 13.7. The number of carboxylic acids is 1. The number of nitrogens with one attached hydrogen (secondary N) is 1. The van der Waals surface area contributed by atoms with Crippen LogP contribution in [-0.2, 0) is 17.6 Å². The predicted molar refractivity (Wildman–Crippen MR) is 140 cm³/mol. The molecular formula is C30H28FN3O3. The highest BCUT2D eigenvalue weighted by atomic mass is 19.1. The Morgan fingerprint density at radius 2 is 1.81 bits per heavy atom. The van der Waals surface area contributed by atoms with Gasteiger partial charge in [-0.15, -0.1) is 0 Å². The largest absolute Gasteiger partial charge is 0.481 e. The van der Waals surface area contributed by atoms with Crippen molar-refractivity contribution in [3.63, 3.8) is 0 Å². The Hall–Kier alpha value is -4.13. The second-order valence-electron chi connectivity index (χ2n) is 9.45. The van der Waals surface area contributed by atoms with Crippen LogP contribution in [0.15, 0.2) is 66.7 Å². The Balaban J connectivity index is 1.42. The van der Waals surface area contributed by atoms with Crippen molar-refractivity contribution in [1.82, 2.24) is 15.3 Å². The molecule has 1 aliphatic rings. The summed E-state index contributed by atoms with van der Waals surface area (Å²) in [6.07, 6.45) is 4.43.